The van der Waals surface area contributed by atoms with E-state index >= 15 is 0 Å². The van der Waals surface area contributed by atoms with E-state index in [0.29, 0.717) is 27.1 Å². The van der Waals surface area contributed by atoms with Crippen molar-refractivity contribution in [2.45, 2.75) is 6.54 Å². The van der Waals surface area contributed by atoms with Gasteiger partial charge in [0.1, 0.15) is 0 Å². The predicted octanol–water partition coefficient (Wildman–Crippen LogP) is 2.71. The number of fused-ring (bicyclic) bond motifs is 1. The summed E-state index contributed by atoms with van der Waals surface area (Å²) in [5, 5.41) is 6.33. The van der Waals surface area contributed by atoms with Gasteiger partial charge in [0.25, 0.3) is 5.91 Å². The Morgan fingerprint density at radius 2 is 2.21 bits per heavy atom. The third kappa shape index (κ3) is 3.29. The van der Waals surface area contributed by atoms with Gasteiger partial charge in [-0.25, -0.2) is 4.98 Å². The molecular formula is C16H14Cl2N4O2. The van der Waals surface area contributed by atoms with E-state index in [1.807, 2.05) is 0 Å². The number of amides is 2. The fraction of sp³-hybridized carbons (Fsp3) is 0.188. The lowest BCUT2D eigenvalue weighted by atomic mass is 10.2. The van der Waals surface area contributed by atoms with Crippen LogP contribution in [0.4, 0.5) is 11.5 Å². The van der Waals surface area contributed by atoms with Crippen LogP contribution in [0.2, 0.25) is 10.0 Å². The molecule has 24 heavy (non-hydrogen) atoms. The van der Waals surface area contributed by atoms with Crippen molar-refractivity contribution in [3.8, 4) is 0 Å². The molecule has 2 amide bonds. The summed E-state index contributed by atoms with van der Waals surface area (Å²) >= 11 is 12.1. The van der Waals surface area contributed by atoms with Crippen molar-refractivity contribution in [1.82, 2.24) is 10.3 Å². The van der Waals surface area contributed by atoms with Crippen LogP contribution < -0.4 is 15.5 Å². The summed E-state index contributed by atoms with van der Waals surface area (Å²) in [5.74, 6) is 0.169. The Morgan fingerprint density at radius 1 is 1.42 bits per heavy atom. The molecule has 2 heterocycles. The number of rotatable bonds is 3. The first kappa shape index (κ1) is 16.5. The number of aromatic nitrogens is 1. The molecule has 0 saturated carbocycles. The van der Waals surface area contributed by atoms with Gasteiger partial charge >= 0.3 is 0 Å². The molecular weight excluding hydrogens is 351 g/mol. The van der Waals surface area contributed by atoms with Crippen LogP contribution in [0.3, 0.4) is 0 Å². The Bertz CT molecular complexity index is 826. The fourth-order valence-corrected chi connectivity index (χ4v) is 2.81. The topological polar surface area (TPSA) is 74.3 Å². The number of anilines is 2. The minimum Gasteiger partial charge on any atom is -0.349 e. The first-order valence-electron chi connectivity index (χ1n) is 7.18. The Morgan fingerprint density at radius 3 is 3.00 bits per heavy atom. The van der Waals surface area contributed by atoms with Crippen molar-refractivity contribution in [2.75, 3.05) is 23.8 Å². The van der Waals surface area contributed by atoms with Crippen LogP contribution >= 0.6 is 23.2 Å². The van der Waals surface area contributed by atoms with E-state index in [2.05, 4.69) is 15.6 Å². The molecule has 6 nitrogen and oxygen atoms in total. The Hall–Kier alpha value is -2.31. The number of hydrogen-bond acceptors (Lipinski definition) is 4. The van der Waals surface area contributed by atoms with E-state index in [4.69, 9.17) is 23.2 Å². The van der Waals surface area contributed by atoms with Gasteiger partial charge in [-0.3, -0.25) is 9.59 Å². The van der Waals surface area contributed by atoms with Crippen molar-refractivity contribution >= 4 is 46.5 Å². The molecule has 2 aromatic rings. The Balaban J connectivity index is 1.75. The summed E-state index contributed by atoms with van der Waals surface area (Å²) in [6.07, 6.45) is 1.47. The van der Waals surface area contributed by atoms with Gasteiger partial charge in [0.2, 0.25) is 5.91 Å². The van der Waals surface area contributed by atoms with E-state index in [0.717, 1.165) is 5.56 Å². The molecule has 1 aromatic carbocycles. The summed E-state index contributed by atoms with van der Waals surface area (Å²) in [6.45, 7) is 0.473. The highest BCUT2D eigenvalue weighted by atomic mass is 35.5. The average molecular weight is 365 g/mol. The zero-order chi connectivity index (χ0) is 17.3. The molecule has 0 saturated heterocycles. The number of nitrogens with zero attached hydrogens (tertiary/aromatic N) is 2. The largest absolute Gasteiger partial charge is 0.349 e. The normalized spacial score (nSPS) is 13.3. The van der Waals surface area contributed by atoms with Crippen molar-refractivity contribution in [1.29, 1.82) is 0 Å². The molecule has 3 rings (SSSR count). The SMILES string of the molecule is CN1CC(=O)Nc2cc(C(=O)NCc3cccc(Cl)c3Cl)cnc21. The molecule has 0 bridgehead atoms. The second kappa shape index (κ2) is 6.67. The maximum atomic E-state index is 12.3. The number of carbonyl (C=O) groups excluding carboxylic acids is 2. The highest BCUT2D eigenvalue weighted by molar-refractivity contribution is 6.42. The molecule has 1 aromatic heterocycles. The number of pyridine rings is 1. The number of benzene rings is 1. The summed E-state index contributed by atoms with van der Waals surface area (Å²) in [4.78, 5) is 29.9. The molecule has 0 atom stereocenters. The molecule has 0 fully saturated rings. The smallest absolute Gasteiger partial charge is 0.253 e. The summed E-state index contributed by atoms with van der Waals surface area (Å²) in [7, 11) is 1.77. The van der Waals surface area contributed by atoms with E-state index < -0.39 is 0 Å². The molecule has 0 radical (unpaired) electrons. The van der Waals surface area contributed by atoms with Crippen LogP contribution in [0.1, 0.15) is 15.9 Å². The van der Waals surface area contributed by atoms with Gasteiger partial charge < -0.3 is 15.5 Å². The number of nitrogens with one attached hydrogen (secondary N) is 2. The van der Waals surface area contributed by atoms with Crippen LogP contribution in [0, 0.1) is 0 Å². The van der Waals surface area contributed by atoms with Gasteiger partial charge in [0.05, 0.1) is 27.8 Å². The molecule has 0 aliphatic carbocycles. The molecule has 2 N–H and O–H groups in total. The van der Waals surface area contributed by atoms with Gasteiger partial charge in [-0.1, -0.05) is 35.3 Å². The summed E-state index contributed by atoms with van der Waals surface area (Å²) in [6, 6.07) is 6.84. The average Bonchev–Trinajstić information content (AvgIpc) is 2.55. The highest BCUT2D eigenvalue weighted by Crippen LogP contribution is 2.27. The van der Waals surface area contributed by atoms with Crippen molar-refractivity contribution < 1.29 is 9.59 Å². The van der Waals surface area contributed by atoms with Crippen LogP contribution in [-0.4, -0.2) is 30.4 Å². The summed E-state index contributed by atoms with van der Waals surface area (Å²) in [5.41, 5.74) is 1.58. The molecule has 0 unspecified atom stereocenters. The van der Waals surface area contributed by atoms with Gasteiger partial charge in [-0.15, -0.1) is 0 Å². The van der Waals surface area contributed by atoms with E-state index in [-0.39, 0.29) is 24.9 Å². The maximum Gasteiger partial charge on any atom is 0.253 e. The van der Waals surface area contributed by atoms with Crippen molar-refractivity contribution in [2.24, 2.45) is 0 Å². The quantitative estimate of drug-likeness (QED) is 0.877. The first-order valence-corrected chi connectivity index (χ1v) is 7.93. The lowest BCUT2D eigenvalue weighted by Crippen LogP contribution is -2.36. The predicted molar refractivity (Wildman–Crippen MR) is 93.8 cm³/mol. The fourth-order valence-electron chi connectivity index (χ4n) is 2.42. The lowest BCUT2D eigenvalue weighted by molar-refractivity contribution is -0.115. The molecule has 124 valence electrons. The minimum atomic E-state index is -0.316. The zero-order valence-corrected chi connectivity index (χ0v) is 14.3. The first-order chi connectivity index (χ1) is 11.5. The van der Waals surface area contributed by atoms with Gasteiger partial charge in [-0.05, 0) is 17.7 Å². The third-order valence-electron chi connectivity index (χ3n) is 3.62. The maximum absolute atomic E-state index is 12.3. The minimum absolute atomic E-state index is 0.143. The van der Waals surface area contributed by atoms with Gasteiger partial charge in [0, 0.05) is 19.8 Å². The molecule has 1 aliphatic heterocycles. The van der Waals surface area contributed by atoms with E-state index in [9.17, 15) is 9.59 Å². The van der Waals surface area contributed by atoms with Crippen LogP contribution in [0.25, 0.3) is 0 Å². The van der Waals surface area contributed by atoms with Crippen LogP contribution in [-0.2, 0) is 11.3 Å². The molecule has 1 aliphatic rings. The number of hydrogen-bond donors (Lipinski definition) is 2. The van der Waals surface area contributed by atoms with Crippen LogP contribution in [0.5, 0.6) is 0 Å². The van der Waals surface area contributed by atoms with E-state index in [1.54, 1.807) is 36.2 Å². The zero-order valence-electron chi connectivity index (χ0n) is 12.8. The van der Waals surface area contributed by atoms with Gasteiger partial charge in [0.15, 0.2) is 5.82 Å². The molecule has 8 heteroatoms. The second-order valence-corrected chi connectivity index (χ2v) is 6.18. The third-order valence-corrected chi connectivity index (χ3v) is 4.47. The number of halogens is 2. The summed E-state index contributed by atoms with van der Waals surface area (Å²) < 4.78 is 0. The Kier molecular flexibility index (Phi) is 4.59. The second-order valence-electron chi connectivity index (χ2n) is 5.40. The number of carbonyl (C=O) groups is 2. The van der Waals surface area contributed by atoms with Gasteiger partial charge in [-0.2, -0.15) is 0 Å². The standard InChI is InChI=1S/C16H14Cl2N4O2/c1-22-8-13(23)21-12-5-10(7-19-15(12)22)16(24)20-6-9-3-2-4-11(17)14(9)18/h2-5,7H,6,8H2,1H3,(H,20,24)(H,21,23). The van der Waals surface area contributed by atoms with Crippen LogP contribution in [0.15, 0.2) is 30.5 Å². The molecule has 0 spiro atoms. The Labute approximate surface area is 148 Å². The lowest BCUT2D eigenvalue weighted by Gasteiger charge is -2.26. The van der Waals surface area contributed by atoms with Crippen molar-refractivity contribution in [3.05, 3.63) is 51.6 Å². The number of likely N-dealkylation sites (N-methyl/N-ethyl adjacent to an activating group) is 1. The van der Waals surface area contributed by atoms with E-state index in [1.165, 1.54) is 6.20 Å². The monoisotopic (exact) mass is 364 g/mol. The van der Waals surface area contributed by atoms with Crippen molar-refractivity contribution in [3.63, 3.8) is 0 Å². The highest BCUT2D eigenvalue weighted by Gasteiger charge is 2.21.